The number of hydrogen-bond donors (Lipinski definition) is 0. The van der Waals surface area contributed by atoms with Crippen molar-refractivity contribution in [3.63, 3.8) is 0 Å². The molecule has 0 aliphatic heterocycles. The summed E-state index contributed by atoms with van der Waals surface area (Å²) in [6.45, 7) is 3.73. The maximum Gasteiger partial charge on any atom is 0.273 e. The Morgan fingerprint density at radius 3 is 2.92 bits per heavy atom. The highest BCUT2D eigenvalue weighted by atomic mass is 16.6. The minimum absolute atomic E-state index is 0.0287. The monoisotopic (exact) mass is 166 g/mol. The molecule has 0 aliphatic carbocycles. The minimum atomic E-state index is -0.462. The second-order valence-corrected chi connectivity index (χ2v) is 2.10. The number of nitro benzene ring substituents is 1. The highest BCUT2D eigenvalue weighted by molar-refractivity contribution is 5.37. The summed E-state index contributed by atoms with van der Waals surface area (Å²) in [4.78, 5) is 9.83. The first kappa shape index (κ1) is 8.52. The van der Waals surface area contributed by atoms with E-state index in [9.17, 15) is 10.1 Å². The van der Waals surface area contributed by atoms with Crippen molar-refractivity contribution in [3.05, 3.63) is 41.3 Å². The van der Waals surface area contributed by atoms with Crippen LogP contribution in [0.1, 0.15) is 0 Å². The lowest BCUT2D eigenvalue weighted by Crippen LogP contribution is -1.93. The van der Waals surface area contributed by atoms with Gasteiger partial charge in [-0.2, -0.15) is 0 Å². The van der Waals surface area contributed by atoms with Crippen molar-refractivity contribution in [2.24, 2.45) is 0 Å². The van der Waals surface area contributed by atoms with Crippen molar-refractivity contribution in [3.8, 4) is 5.75 Å². The topological polar surface area (TPSA) is 52.4 Å². The van der Waals surface area contributed by atoms with Gasteiger partial charge in [0, 0.05) is 6.07 Å². The van der Waals surface area contributed by atoms with Crippen molar-refractivity contribution >= 4 is 5.69 Å². The van der Waals surface area contributed by atoms with Crippen LogP contribution in [0.4, 0.5) is 5.69 Å². The Morgan fingerprint density at radius 2 is 2.33 bits per heavy atom. The molecule has 0 aromatic heterocycles. The van der Waals surface area contributed by atoms with Gasteiger partial charge in [0.2, 0.25) is 0 Å². The summed E-state index contributed by atoms with van der Waals surface area (Å²) < 4.78 is 4.98. The normalized spacial score (nSPS) is 9.42. The average molecular weight is 166 g/mol. The summed E-state index contributed by atoms with van der Waals surface area (Å²) >= 11 is 0. The van der Waals surface area contributed by atoms with Crippen molar-refractivity contribution < 1.29 is 9.66 Å². The third-order valence-corrected chi connectivity index (χ3v) is 1.30. The Bertz CT molecular complexity index is 285. The lowest BCUT2D eigenvalue weighted by Gasteiger charge is -2.00. The van der Waals surface area contributed by atoms with E-state index in [0.29, 0.717) is 5.75 Å². The molecule has 4 heteroatoms. The number of nitro groups is 1. The zero-order valence-corrected chi connectivity index (χ0v) is 6.40. The Labute approximate surface area is 69.9 Å². The molecule has 1 aromatic carbocycles. The van der Waals surface area contributed by atoms with Crippen LogP contribution in [0.5, 0.6) is 5.75 Å². The quantitative estimate of drug-likeness (QED) is 0.508. The molecule has 1 rings (SSSR count). The first-order valence-electron chi connectivity index (χ1n) is 3.40. The second kappa shape index (κ2) is 3.71. The van der Waals surface area contributed by atoms with E-state index >= 15 is 0 Å². The van der Waals surface area contributed by atoms with Gasteiger partial charge in [-0.3, -0.25) is 10.1 Å². The molecule has 0 saturated heterocycles. The van der Waals surface area contributed by atoms with Gasteiger partial charge in [0.25, 0.3) is 5.69 Å². The maximum atomic E-state index is 10.3. The molecule has 1 radical (unpaired) electrons. The molecule has 63 valence electrons. The van der Waals surface area contributed by atoms with E-state index in [4.69, 9.17) is 4.74 Å². The van der Waals surface area contributed by atoms with Gasteiger partial charge in [0.05, 0.1) is 17.6 Å². The molecular weight excluding hydrogens is 158 g/mol. The minimum Gasteiger partial charge on any atom is -0.493 e. The Balaban J connectivity index is 2.88. The van der Waals surface area contributed by atoms with Gasteiger partial charge >= 0.3 is 0 Å². The van der Waals surface area contributed by atoms with Crippen molar-refractivity contribution in [2.75, 3.05) is 6.61 Å². The second-order valence-electron chi connectivity index (χ2n) is 2.10. The third kappa shape index (κ3) is 1.95. The fourth-order valence-corrected chi connectivity index (χ4v) is 0.805. The number of rotatable bonds is 3. The molecule has 12 heavy (non-hydrogen) atoms. The van der Waals surface area contributed by atoms with Gasteiger partial charge < -0.3 is 4.74 Å². The van der Waals surface area contributed by atoms with Crippen LogP contribution < -0.4 is 4.74 Å². The van der Waals surface area contributed by atoms with Crippen LogP contribution in [0.2, 0.25) is 0 Å². The molecule has 0 saturated carbocycles. The van der Waals surface area contributed by atoms with Crippen LogP contribution in [0, 0.1) is 17.0 Å². The number of nitrogens with zero attached hydrogens (tertiary/aromatic N) is 1. The zero-order valence-electron chi connectivity index (χ0n) is 6.40. The van der Waals surface area contributed by atoms with Crippen molar-refractivity contribution in [1.29, 1.82) is 0 Å². The largest absolute Gasteiger partial charge is 0.493 e. The average Bonchev–Trinajstić information content (AvgIpc) is 2.05. The number of benzene rings is 1. The molecule has 4 nitrogen and oxygen atoms in total. The van der Waals surface area contributed by atoms with Crippen LogP contribution in [0.3, 0.4) is 0 Å². The number of hydrogen-bond acceptors (Lipinski definition) is 3. The smallest absolute Gasteiger partial charge is 0.273 e. The van der Waals surface area contributed by atoms with Crippen LogP contribution >= 0.6 is 0 Å². The molecule has 0 fully saturated rings. The van der Waals surface area contributed by atoms with Crippen molar-refractivity contribution in [1.82, 2.24) is 0 Å². The molecule has 0 spiro atoms. The lowest BCUT2D eigenvalue weighted by molar-refractivity contribution is -0.384. The standard InChI is InChI=1S/C8H8NO3/c1-2-12-8-5-3-4-7(6-8)9(10)11/h3-6H,1-2H2. The van der Waals surface area contributed by atoms with Gasteiger partial charge in [-0.15, -0.1) is 0 Å². The summed E-state index contributed by atoms with van der Waals surface area (Å²) in [6, 6.07) is 6.00. The molecule has 0 aliphatic rings. The Morgan fingerprint density at radius 1 is 1.58 bits per heavy atom. The first-order chi connectivity index (χ1) is 5.74. The van der Waals surface area contributed by atoms with Gasteiger partial charge in [-0.05, 0) is 13.0 Å². The summed E-state index contributed by atoms with van der Waals surface area (Å²) in [6.07, 6.45) is 0. The molecule has 0 bridgehead atoms. The van der Waals surface area contributed by atoms with E-state index in [2.05, 4.69) is 6.92 Å². The van der Waals surface area contributed by atoms with E-state index in [1.165, 1.54) is 12.1 Å². The maximum absolute atomic E-state index is 10.3. The first-order valence-corrected chi connectivity index (χ1v) is 3.40. The SMILES string of the molecule is [CH2]COc1cccc([N+](=O)[O-])c1. The number of ether oxygens (including phenoxy) is 1. The zero-order chi connectivity index (χ0) is 8.97. The van der Waals surface area contributed by atoms with Gasteiger partial charge in [-0.25, -0.2) is 0 Å². The van der Waals surface area contributed by atoms with Crippen LogP contribution in [0.25, 0.3) is 0 Å². The fraction of sp³-hybridized carbons (Fsp3) is 0.125. The Kier molecular flexibility index (Phi) is 2.63. The Hall–Kier alpha value is -1.58. The van der Waals surface area contributed by atoms with E-state index in [1.807, 2.05) is 0 Å². The summed E-state index contributed by atoms with van der Waals surface area (Å²) in [5, 5.41) is 10.3. The van der Waals surface area contributed by atoms with Crippen LogP contribution in [-0.2, 0) is 0 Å². The predicted octanol–water partition coefficient (Wildman–Crippen LogP) is 1.81. The molecular formula is C8H8NO3. The molecule has 0 N–H and O–H groups in total. The van der Waals surface area contributed by atoms with E-state index in [-0.39, 0.29) is 12.3 Å². The molecule has 0 amide bonds. The fourth-order valence-electron chi connectivity index (χ4n) is 0.805. The summed E-state index contributed by atoms with van der Waals surface area (Å²) in [7, 11) is 0. The van der Waals surface area contributed by atoms with E-state index in [1.54, 1.807) is 12.1 Å². The molecule has 0 heterocycles. The number of non-ortho nitro benzene ring substituents is 1. The van der Waals surface area contributed by atoms with Crippen molar-refractivity contribution in [2.45, 2.75) is 0 Å². The van der Waals surface area contributed by atoms with E-state index in [0.717, 1.165) is 0 Å². The van der Waals surface area contributed by atoms with Gasteiger partial charge in [0.1, 0.15) is 5.75 Å². The lowest BCUT2D eigenvalue weighted by atomic mass is 10.3. The molecule has 0 atom stereocenters. The summed E-state index contributed by atoms with van der Waals surface area (Å²) in [5.41, 5.74) is 0.0287. The van der Waals surface area contributed by atoms with E-state index < -0.39 is 4.92 Å². The highest BCUT2D eigenvalue weighted by Gasteiger charge is 2.04. The van der Waals surface area contributed by atoms with Gasteiger partial charge in [0.15, 0.2) is 0 Å². The van der Waals surface area contributed by atoms with Crippen LogP contribution in [-0.4, -0.2) is 11.5 Å². The molecule has 1 aromatic rings. The van der Waals surface area contributed by atoms with Gasteiger partial charge in [-0.1, -0.05) is 6.07 Å². The van der Waals surface area contributed by atoms with Crippen LogP contribution in [0.15, 0.2) is 24.3 Å². The molecule has 0 unspecified atom stereocenters. The predicted molar refractivity (Wildman–Crippen MR) is 43.9 cm³/mol. The summed E-state index contributed by atoms with van der Waals surface area (Å²) in [5.74, 6) is 0.471. The highest BCUT2D eigenvalue weighted by Crippen LogP contribution is 2.18. The third-order valence-electron chi connectivity index (χ3n) is 1.30.